The molecule has 1 aromatic heterocycles. The van der Waals surface area contributed by atoms with E-state index in [-0.39, 0.29) is 21.4 Å². The molecule has 0 aliphatic carbocycles. The number of thiophene rings is 1. The lowest BCUT2D eigenvalue weighted by atomic mass is 10.1. The second-order valence-corrected chi connectivity index (χ2v) is 15.4. The molecular weight excluding hydrogens is 612 g/mol. The van der Waals surface area contributed by atoms with Crippen LogP contribution in [0.1, 0.15) is 60.3 Å². The SMILES string of the molecule is CCC(CC)(N(C(=O)OC(C)(C)C)S(=O)(=O)c1cc2cc(OCCCCl)c(OCCCCl)cc2s1)P(=O)(O)O. The van der Waals surface area contributed by atoms with Gasteiger partial charge in [-0.25, -0.2) is 4.79 Å². The minimum Gasteiger partial charge on any atom is -0.490 e. The third kappa shape index (κ3) is 7.93. The molecule has 0 spiro atoms. The number of carbonyl (C=O) groups is 1. The zero-order valence-corrected chi connectivity index (χ0v) is 26.6. The van der Waals surface area contributed by atoms with E-state index in [1.54, 1.807) is 12.1 Å². The van der Waals surface area contributed by atoms with Crippen LogP contribution in [0.25, 0.3) is 10.1 Å². The van der Waals surface area contributed by atoms with Crippen molar-refractivity contribution in [3.05, 3.63) is 18.2 Å². The van der Waals surface area contributed by atoms with Crippen LogP contribution in [0.3, 0.4) is 0 Å². The number of fused-ring (bicyclic) bond motifs is 1. The Labute approximate surface area is 243 Å². The van der Waals surface area contributed by atoms with Crippen LogP contribution in [0.2, 0.25) is 0 Å². The molecule has 0 radical (unpaired) electrons. The van der Waals surface area contributed by atoms with Crippen molar-refractivity contribution in [2.75, 3.05) is 25.0 Å². The summed E-state index contributed by atoms with van der Waals surface area (Å²) in [5.41, 5.74) is -1.13. The van der Waals surface area contributed by atoms with Gasteiger partial charge in [0.15, 0.2) is 16.8 Å². The van der Waals surface area contributed by atoms with Crippen molar-refractivity contribution in [1.82, 2.24) is 4.31 Å². The summed E-state index contributed by atoms with van der Waals surface area (Å²) in [6.07, 6.45) is -0.897. The van der Waals surface area contributed by atoms with Crippen LogP contribution < -0.4 is 9.47 Å². The first-order chi connectivity index (χ1) is 18.1. The van der Waals surface area contributed by atoms with Gasteiger partial charge in [0.2, 0.25) is 0 Å². The lowest BCUT2D eigenvalue weighted by molar-refractivity contribution is 0.0269. The van der Waals surface area contributed by atoms with Gasteiger partial charge in [0, 0.05) is 22.5 Å². The predicted octanol–water partition coefficient (Wildman–Crippen LogP) is 6.54. The van der Waals surface area contributed by atoms with E-state index in [1.807, 2.05) is 0 Å². The first kappa shape index (κ1) is 33.9. The molecule has 0 fully saturated rings. The minimum absolute atomic E-state index is 0.229. The van der Waals surface area contributed by atoms with E-state index in [2.05, 4.69) is 0 Å². The molecule has 0 saturated carbocycles. The molecule has 2 rings (SSSR count). The highest BCUT2D eigenvalue weighted by atomic mass is 35.5. The van der Waals surface area contributed by atoms with Crippen LogP contribution in [0.4, 0.5) is 4.79 Å². The number of halogens is 2. The highest BCUT2D eigenvalue weighted by molar-refractivity contribution is 7.92. The number of benzene rings is 1. The van der Waals surface area contributed by atoms with Gasteiger partial charge >= 0.3 is 13.7 Å². The van der Waals surface area contributed by atoms with E-state index in [4.69, 9.17) is 37.4 Å². The topological polar surface area (TPSA) is 140 Å². The van der Waals surface area contributed by atoms with Crippen molar-refractivity contribution >= 4 is 68.3 Å². The molecule has 15 heteroatoms. The Balaban J connectivity index is 2.73. The summed E-state index contributed by atoms with van der Waals surface area (Å²) in [4.78, 5) is 34.0. The molecule has 0 unspecified atom stereocenters. The van der Waals surface area contributed by atoms with Gasteiger partial charge in [0.05, 0.1) is 13.2 Å². The van der Waals surface area contributed by atoms with E-state index in [0.29, 0.717) is 59.4 Å². The fourth-order valence-corrected chi connectivity index (χ4v) is 8.92. The van der Waals surface area contributed by atoms with E-state index in [0.717, 1.165) is 11.3 Å². The molecule has 10 nitrogen and oxygen atoms in total. The lowest BCUT2D eigenvalue weighted by Crippen LogP contribution is -2.55. The first-order valence-corrected chi connectivity index (χ1v) is 17.3. The largest absolute Gasteiger partial charge is 0.490 e. The summed E-state index contributed by atoms with van der Waals surface area (Å²) in [7, 11) is -9.99. The van der Waals surface area contributed by atoms with Gasteiger partial charge < -0.3 is 24.0 Å². The minimum atomic E-state index is -5.19. The van der Waals surface area contributed by atoms with Crippen LogP contribution in [0.15, 0.2) is 22.4 Å². The quantitative estimate of drug-likeness (QED) is 0.133. The normalized spacial score (nSPS) is 12.9. The Bertz CT molecular complexity index is 1240. The summed E-state index contributed by atoms with van der Waals surface area (Å²) in [5.74, 6) is 1.54. The number of amides is 1. The summed E-state index contributed by atoms with van der Waals surface area (Å²) in [5, 5.41) is -1.88. The summed E-state index contributed by atoms with van der Waals surface area (Å²) < 4.78 is 58.2. The van der Waals surface area contributed by atoms with Crippen LogP contribution in [-0.4, -0.2) is 64.5 Å². The molecule has 2 aromatic rings. The Morgan fingerprint density at radius 2 is 1.51 bits per heavy atom. The van der Waals surface area contributed by atoms with Crippen molar-refractivity contribution in [3.8, 4) is 11.5 Å². The number of carbonyl (C=O) groups excluding carboxylic acids is 1. The van der Waals surface area contributed by atoms with Crippen molar-refractivity contribution < 1.29 is 41.8 Å². The number of nitrogens with zero attached hydrogens (tertiary/aromatic N) is 1. The first-order valence-electron chi connectivity index (χ1n) is 12.4. The molecule has 0 atom stereocenters. The number of hydrogen-bond acceptors (Lipinski definition) is 8. The van der Waals surface area contributed by atoms with Gasteiger partial charge in [-0.15, -0.1) is 34.5 Å². The summed E-state index contributed by atoms with van der Waals surface area (Å²) in [6, 6.07) is 4.57. The lowest BCUT2D eigenvalue weighted by Gasteiger charge is -2.41. The van der Waals surface area contributed by atoms with Crippen LogP contribution in [0, 0.1) is 0 Å². The Kier molecular flexibility index (Phi) is 11.8. The molecule has 1 aromatic carbocycles. The summed E-state index contributed by atoms with van der Waals surface area (Å²) >= 11 is 12.3. The fourth-order valence-electron chi connectivity index (χ4n) is 3.80. The van der Waals surface area contributed by atoms with Crippen molar-refractivity contribution in [2.45, 2.75) is 75.4 Å². The zero-order chi connectivity index (χ0) is 29.6. The van der Waals surface area contributed by atoms with E-state index in [9.17, 15) is 27.6 Å². The average molecular weight is 649 g/mol. The van der Waals surface area contributed by atoms with Crippen molar-refractivity contribution in [1.29, 1.82) is 0 Å². The highest BCUT2D eigenvalue weighted by Crippen LogP contribution is 2.58. The standard InChI is InChI=1S/C24H36Cl2NO9PS2/c1-6-24(7-2,37(29,30)31)27(22(28)36-23(3,4)5)39(32,33)21-15-17-14-18(34-12-8-10-25)19(16-20(17)38-21)35-13-9-11-26/h14-16H,6-13H2,1-5H3,(H2,29,30,31). The molecule has 1 heterocycles. The second kappa shape index (κ2) is 13.6. The van der Waals surface area contributed by atoms with Crippen molar-refractivity contribution in [3.63, 3.8) is 0 Å². The van der Waals surface area contributed by atoms with Gasteiger partial charge in [-0.1, -0.05) is 13.8 Å². The monoisotopic (exact) mass is 647 g/mol. The van der Waals surface area contributed by atoms with Gasteiger partial charge in [-0.3, -0.25) is 4.57 Å². The number of alkyl halides is 2. The maximum Gasteiger partial charge on any atom is 0.425 e. The number of ether oxygens (including phenoxy) is 3. The predicted molar refractivity (Wildman–Crippen MR) is 154 cm³/mol. The van der Waals surface area contributed by atoms with Crippen LogP contribution in [-0.2, 0) is 19.3 Å². The Morgan fingerprint density at radius 3 is 1.95 bits per heavy atom. The molecule has 0 saturated heterocycles. The van der Waals surface area contributed by atoms with Gasteiger partial charge in [-0.05, 0) is 64.0 Å². The van der Waals surface area contributed by atoms with E-state index < -0.39 is 34.6 Å². The van der Waals surface area contributed by atoms with Crippen LogP contribution >= 0.6 is 42.1 Å². The number of rotatable bonds is 14. The molecule has 0 bridgehead atoms. The van der Waals surface area contributed by atoms with E-state index >= 15 is 0 Å². The number of sulfonamides is 1. The maximum atomic E-state index is 14.0. The molecule has 2 N–H and O–H groups in total. The van der Waals surface area contributed by atoms with E-state index in [1.165, 1.54) is 40.7 Å². The summed E-state index contributed by atoms with van der Waals surface area (Å²) in [6.45, 7) is 8.03. The second-order valence-electron chi connectivity index (χ2n) is 9.67. The fraction of sp³-hybridized carbons (Fsp3) is 0.625. The van der Waals surface area contributed by atoms with Crippen LogP contribution in [0.5, 0.6) is 11.5 Å². The molecule has 39 heavy (non-hydrogen) atoms. The molecule has 0 aliphatic heterocycles. The third-order valence-electron chi connectivity index (χ3n) is 5.74. The Hall–Kier alpha value is -1.27. The highest BCUT2D eigenvalue weighted by Gasteiger charge is 2.57. The van der Waals surface area contributed by atoms with Crippen molar-refractivity contribution in [2.24, 2.45) is 0 Å². The molecule has 1 amide bonds. The molecular formula is C24H36Cl2NO9PS2. The maximum absolute atomic E-state index is 14.0. The number of hydrogen-bond donors (Lipinski definition) is 2. The Morgan fingerprint density at radius 1 is 1.00 bits per heavy atom. The molecule has 222 valence electrons. The van der Waals surface area contributed by atoms with Gasteiger partial charge in [0.25, 0.3) is 10.0 Å². The average Bonchev–Trinajstić information content (AvgIpc) is 3.24. The third-order valence-corrected chi connectivity index (χ3v) is 11.7. The van der Waals surface area contributed by atoms with Gasteiger partial charge in [-0.2, -0.15) is 12.7 Å². The van der Waals surface area contributed by atoms with Gasteiger partial charge in [0.1, 0.15) is 9.81 Å². The smallest absolute Gasteiger partial charge is 0.425 e. The zero-order valence-electron chi connectivity index (χ0n) is 22.6. The molecule has 0 aliphatic rings.